The van der Waals surface area contributed by atoms with Crippen molar-refractivity contribution in [1.29, 1.82) is 0 Å². The molecule has 0 bridgehead atoms. The van der Waals surface area contributed by atoms with E-state index in [0.717, 1.165) is 12.5 Å². The zero-order chi connectivity index (χ0) is 18.1. The van der Waals surface area contributed by atoms with Gasteiger partial charge in [-0.3, -0.25) is 0 Å². The Bertz CT molecular complexity index is 296. The van der Waals surface area contributed by atoms with Gasteiger partial charge in [0.2, 0.25) is 0 Å². The molecule has 0 aromatic rings. The highest BCUT2D eigenvalue weighted by Gasteiger charge is 2.36. The lowest BCUT2D eigenvalue weighted by Gasteiger charge is -2.36. The molecule has 0 amide bonds. The van der Waals surface area contributed by atoms with Gasteiger partial charge in [0.05, 0.1) is 0 Å². The summed E-state index contributed by atoms with van der Waals surface area (Å²) in [4.78, 5) is 0. The zero-order valence-electron chi connectivity index (χ0n) is 17.8. The van der Waals surface area contributed by atoms with Crippen molar-refractivity contribution >= 4 is 8.32 Å². The molecule has 0 aliphatic rings. The topological polar surface area (TPSA) is 9.23 Å². The number of rotatable bonds is 11. The Morgan fingerprint density at radius 2 is 1.17 bits per heavy atom. The lowest BCUT2D eigenvalue weighted by atomic mass is 9.79. The molecular weight excluding hydrogens is 296 g/mol. The molecule has 1 atom stereocenters. The van der Waals surface area contributed by atoms with E-state index >= 15 is 0 Å². The summed E-state index contributed by atoms with van der Waals surface area (Å²) in [5, 5.41) is 0.344. The Balaban J connectivity index is 3.48. The van der Waals surface area contributed by atoms with Crippen LogP contribution in [0.15, 0.2) is 0 Å². The maximum absolute atomic E-state index is 6.24. The molecule has 140 valence electrons. The molecule has 0 aliphatic carbocycles. The van der Waals surface area contributed by atoms with Crippen LogP contribution in [0.2, 0.25) is 18.1 Å². The van der Waals surface area contributed by atoms with E-state index in [-0.39, 0.29) is 0 Å². The van der Waals surface area contributed by atoms with E-state index in [4.69, 9.17) is 4.43 Å². The van der Waals surface area contributed by atoms with Gasteiger partial charge < -0.3 is 4.43 Å². The Morgan fingerprint density at radius 3 is 1.61 bits per heavy atom. The molecule has 0 saturated carbocycles. The summed E-state index contributed by atoms with van der Waals surface area (Å²) in [6, 6.07) is 0. The largest absolute Gasteiger partial charge is 0.417 e. The van der Waals surface area contributed by atoms with Crippen LogP contribution in [0.3, 0.4) is 0 Å². The van der Waals surface area contributed by atoms with Crippen molar-refractivity contribution in [3.63, 3.8) is 0 Å². The summed E-state index contributed by atoms with van der Waals surface area (Å²) in [6.45, 7) is 22.1. The second kappa shape index (κ2) is 10.2. The van der Waals surface area contributed by atoms with Crippen LogP contribution in [0.1, 0.15) is 99.8 Å². The smallest absolute Gasteiger partial charge is 0.191 e. The monoisotopic (exact) mass is 342 g/mol. The minimum absolute atomic E-state index is 0.344. The number of hydrogen-bond acceptors (Lipinski definition) is 1. The molecule has 0 heterocycles. The van der Waals surface area contributed by atoms with E-state index in [2.05, 4.69) is 61.6 Å². The molecule has 0 aliphatic heterocycles. The van der Waals surface area contributed by atoms with Crippen LogP contribution in [0.4, 0.5) is 0 Å². The van der Waals surface area contributed by atoms with Gasteiger partial charge in [-0.2, -0.15) is 0 Å². The van der Waals surface area contributed by atoms with Crippen molar-refractivity contribution in [2.45, 2.75) is 118 Å². The lowest BCUT2D eigenvalue weighted by Crippen LogP contribution is -2.40. The van der Waals surface area contributed by atoms with Crippen molar-refractivity contribution in [2.75, 3.05) is 6.61 Å². The summed E-state index contributed by atoms with van der Waals surface area (Å²) in [6.07, 6.45) is 11.0. The molecule has 0 spiro atoms. The van der Waals surface area contributed by atoms with E-state index in [1.165, 1.54) is 51.4 Å². The highest BCUT2D eigenvalue weighted by atomic mass is 28.4. The van der Waals surface area contributed by atoms with Gasteiger partial charge in [0.15, 0.2) is 8.32 Å². The van der Waals surface area contributed by atoms with Crippen molar-refractivity contribution in [1.82, 2.24) is 0 Å². The third-order valence-electron chi connectivity index (χ3n) is 6.03. The van der Waals surface area contributed by atoms with E-state index < -0.39 is 8.32 Å². The first kappa shape index (κ1) is 23.2. The lowest BCUT2D eigenvalue weighted by molar-refractivity contribution is 0.240. The van der Waals surface area contributed by atoms with Crippen LogP contribution in [0, 0.1) is 11.3 Å². The van der Waals surface area contributed by atoms with E-state index in [9.17, 15) is 0 Å². The summed E-state index contributed by atoms with van der Waals surface area (Å²) in [5.74, 6) is 0.843. The van der Waals surface area contributed by atoms with Crippen LogP contribution >= 0.6 is 0 Å². The average molecular weight is 343 g/mol. The van der Waals surface area contributed by atoms with Gasteiger partial charge in [0, 0.05) is 6.61 Å². The van der Waals surface area contributed by atoms with Crippen LogP contribution in [-0.4, -0.2) is 14.9 Å². The predicted molar refractivity (Wildman–Crippen MR) is 109 cm³/mol. The first-order valence-corrected chi connectivity index (χ1v) is 12.9. The molecule has 0 N–H and O–H groups in total. The highest BCUT2D eigenvalue weighted by molar-refractivity contribution is 6.74. The molecule has 23 heavy (non-hydrogen) atoms. The molecule has 0 aromatic carbocycles. The molecule has 0 saturated heterocycles. The first-order chi connectivity index (χ1) is 10.4. The molecule has 0 fully saturated rings. The molecule has 0 radical (unpaired) electrons. The fourth-order valence-electron chi connectivity index (χ4n) is 2.41. The summed E-state index contributed by atoms with van der Waals surface area (Å²) in [5.41, 5.74) is 0.476. The van der Waals surface area contributed by atoms with Gasteiger partial charge in [0.1, 0.15) is 0 Å². The first-order valence-electron chi connectivity index (χ1n) is 10.0. The summed E-state index contributed by atoms with van der Waals surface area (Å²) >= 11 is 0. The highest BCUT2D eigenvalue weighted by Crippen LogP contribution is 2.36. The second-order valence-electron chi connectivity index (χ2n) is 10.1. The molecule has 1 nitrogen and oxygen atoms in total. The third-order valence-corrected chi connectivity index (χ3v) is 10.6. The van der Waals surface area contributed by atoms with Gasteiger partial charge >= 0.3 is 0 Å². The quantitative estimate of drug-likeness (QED) is 0.275. The van der Waals surface area contributed by atoms with Gasteiger partial charge in [-0.1, -0.05) is 93.4 Å². The zero-order valence-corrected chi connectivity index (χ0v) is 18.8. The molecule has 0 aromatic heterocycles. The predicted octanol–water partition coefficient (Wildman–Crippen LogP) is 7.81. The minimum Gasteiger partial charge on any atom is -0.417 e. The van der Waals surface area contributed by atoms with Crippen LogP contribution in [-0.2, 0) is 4.43 Å². The van der Waals surface area contributed by atoms with Gasteiger partial charge in [-0.15, -0.1) is 0 Å². The second-order valence-corrected chi connectivity index (χ2v) is 14.9. The fourth-order valence-corrected chi connectivity index (χ4v) is 3.50. The van der Waals surface area contributed by atoms with E-state index in [0.29, 0.717) is 10.5 Å². The van der Waals surface area contributed by atoms with Crippen molar-refractivity contribution in [3.05, 3.63) is 0 Å². The van der Waals surface area contributed by atoms with Crippen molar-refractivity contribution in [3.8, 4) is 0 Å². The van der Waals surface area contributed by atoms with Gasteiger partial charge in [-0.05, 0) is 35.9 Å². The maximum Gasteiger partial charge on any atom is 0.191 e. The summed E-state index contributed by atoms with van der Waals surface area (Å²) in [7, 11) is -1.52. The Kier molecular flexibility index (Phi) is 10.3. The standard InChI is InChI=1S/C21H46OSi/c1-19(20(2,3)4)17-15-13-11-10-12-14-16-18-22-23(8,9)21(5,6)7/h19H,10-18H2,1-9H3. The van der Waals surface area contributed by atoms with E-state index in [1.807, 2.05) is 0 Å². The maximum atomic E-state index is 6.24. The summed E-state index contributed by atoms with van der Waals surface area (Å²) < 4.78 is 6.24. The fraction of sp³-hybridized carbons (Fsp3) is 1.00. The number of unbranched alkanes of at least 4 members (excludes halogenated alkanes) is 6. The molecular formula is C21H46OSi. The Morgan fingerprint density at radius 1 is 0.739 bits per heavy atom. The van der Waals surface area contributed by atoms with Gasteiger partial charge in [-0.25, -0.2) is 0 Å². The van der Waals surface area contributed by atoms with Crippen LogP contribution < -0.4 is 0 Å². The Labute approximate surface area is 149 Å². The van der Waals surface area contributed by atoms with Crippen molar-refractivity contribution < 1.29 is 4.43 Å². The minimum atomic E-state index is -1.52. The average Bonchev–Trinajstić information content (AvgIpc) is 2.38. The Hall–Kier alpha value is 0.177. The number of hydrogen-bond donors (Lipinski definition) is 0. The van der Waals surface area contributed by atoms with Gasteiger partial charge in [0.25, 0.3) is 0 Å². The van der Waals surface area contributed by atoms with Crippen molar-refractivity contribution in [2.24, 2.45) is 11.3 Å². The SMILES string of the molecule is CC(CCCCCCCCCO[Si](C)(C)C(C)(C)C)C(C)(C)C. The molecule has 1 unspecified atom stereocenters. The van der Waals surface area contributed by atoms with E-state index in [1.54, 1.807) is 0 Å². The van der Waals surface area contributed by atoms with Crippen LogP contribution in [0.5, 0.6) is 0 Å². The third kappa shape index (κ3) is 10.6. The normalized spacial score (nSPS) is 15.0. The molecule has 0 rings (SSSR count). The molecule has 2 heteroatoms. The van der Waals surface area contributed by atoms with Crippen LogP contribution in [0.25, 0.3) is 0 Å².